The maximum atomic E-state index is 12.9. The summed E-state index contributed by atoms with van der Waals surface area (Å²) in [6, 6.07) is 7.43. The predicted molar refractivity (Wildman–Crippen MR) is 290 cm³/mol. The molecule has 0 bridgehead atoms. The molecule has 0 aliphatic carbocycles. The van der Waals surface area contributed by atoms with Crippen molar-refractivity contribution in [1.29, 1.82) is 0 Å². The third kappa shape index (κ3) is 34.1. The number of aromatic amines is 1. The van der Waals surface area contributed by atoms with Crippen LogP contribution >= 0.6 is 0 Å². The van der Waals surface area contributed by atoms with Crippen LogP contribution in [0.5, 0.6) is 0 Å². The molecule has 1 unspecified atom stereocenters. The second-order valence-corrected chi connectivity index (χ2v) is 20.5. The van der Waals surface area contributed by atoms with E-state index >= 15 is 0 Å². The molecule has 2 rings (SSSR count). The number of rotatable bonds is 49. The molecule has 2 aromatic rings. The number of fused-ring (bicyclic) bond motifs is 1. The fourth-order valence-corrected chi connectivity index (χ4v) is 9.56. The van der Waals surface area contributed by atoms with E-state index in [1.54, 1.807) is 0 Å². The molecule has 10 nitrogen and oxygen atoms in total. The van der Waals surface area contributed by atoms with Crippen LogP contribution in [0.3, 0.4) is 0 Å². The lowest BCUT2D eigenvalue weighted by atomic mass is 10.0. The zero-order valence-corrected chi connectivity index (χ0v) is 44.8. The van der Waals surface area contributed by atoms with Crippen molar-refractivity contribution in [2.24, 2.45) is 5.73 Å². The largest absolute Gasteiger partial charge is 0.466 e. The van der Waals surface area contributed by atoms with E-state index in [1.165, 1.54) is 109 Å². The fraction of sp³-hybridized carbons (Fsp3) is 0.814. The standard InChI is InChI=1S/C59H106N4O6/c1-4-7-10-13-16-17-18-24-36-47-68-57(65)42-29-25-35-46-63(50-52(64)37-32-33-44-61-59(67)55(60)48-51-49-62-56-41-31-30-40-54(51)56)45-34-23-19-22-28-43-58(66)69-53(38-26-20-14-11-8-5-2)39-27-21-15-12-9-6-3/h30-31,40-41,49,52-53,55,62,64H,4-29,32-39,42-48,50,60H2,1-3H3,(H,61,67)/t52?,55-/m0/s1. The highest BCUT2D eigenvalue weighted by Crippen LogP contribution is 2.21. The molecule has 0 radical (unpaired) electrons. The van der Waals surface area contributed by atoms with Gasteiger partial charge in [-0.25, -0.2) is 0 Å². The Morgan fingerprint density at radius 2 is 1.10 bits per heavy atom. The van der Waals surface area contributed by atoms with Crippen molar-refractivity contribution >= 4 is 28.7 Å². The zero-order chi connectivity index (χ0) is 49.8. The second-order valence-electron chi connectivity index (χ2n) is 20.5. The van der Waals surface area contributed by atoms with Gasteiger partial charge in [0, 0.05) is 43.0 Å². The molecule has 0 spiro atoms. The number of aromatic nitrogens is 1. The van der Waals surface area contributed by atoms with Crippen LogP contribution in [0.15, 0.2) is 30.5 Å². The van der Waals surface area contributed by atoms with E-state index in [2.05, 4.69) is 36.0 Å². The summed E-state index contributed by atoms with van der Waals surface area (Å²) in [7, 11) is 0. The SMILES string of the molecule is CCCCCCCCCCCOC(=O)CCCCCN(CCCCCCCC(=O)OC(CCCCCCCC)CCCCCCCC)CC(O)CCCCNC(=O)[C@@H](N)Cc1c[nH]c2ccccc12. The number of carbonyl (C=O) groups is 3. The van der Waals surface area contributed by atoms with E-state index in [4.69, 9.17) is 15.2 Å². The Labute approximate surface area is 422 Å². The van der Waals surface area contributed by atoms with Gasteiger partial charge in [0.25, 0.3) is 0 Å². The Kier molecular flexibility index (Phi) is 39.5. The molecule has 10 heteroatoms. The molecule has 0 aliphatic heterocycles. The van der Waals surface area contributed by atoms with Gasteiger partial charge in [-0.05, 0) is 108 Å². The van der Waals surface area contributed by atoms with Gasteiger partial charge in [-0.1, -0.05) is 180 Å². The average Bonchev–Trinajstić information content (AvgIpc) is 3.75. The third-order valence-corrected chi connectivity index (χ3v) is 14.0. The minimum atomic E-state index is -0.619. The van der Waals surface area contributed by atoms with Gasteiger partial charge in [0.2, 0.25) is 5.91 Å². The molecule has 0 fully saturated rings. The van der Waals surface area contributed by atoms with E-state index in [9.17, 15) is 19.5 Å². The summed E-state index contributed by atoms with van der Waals surface area (Å²) >= 11 is 0. The Balaban J connectivity index is 1.72. The van der Waals surface area contributed by atoms with Gasteiger partial charge in [0.15, 0.2) is 0 Å². The molecular weight excluding hydrogens is 861 g/mol. The van der Waals surface area contributed by atoms with Crippen LogP contribution < -0.4 is 11.1 Å². The normalized spacial score (nSPS) is 12.6. The number of aliphatic hydroxyl groups excluding tert-OH is 1. The summed E-state index contributed by atoms with van der Waals surface area (Å²) in [5.74, 6) is -0.245. The summed E-state index contributed by atoms with van der Waals surface area (Å²) in [5.41, 5.74) is 8.37. The molecule has 0 aliphatic rings. The first kappa shape index (κ1) is 62.2. The molecule has 2 atom stereocenters. The number of aliphatic hydroxyl groups is 1. The van der Waals surface area contributed by atoms with Gasteiger partial charge >= 0.3 is 11.9 Å². The lowest BCUT2D eigenvalue weighted by molar-refractivity contribution is -0.150. The number of carbonyl (C=O) groups excluding carboxylic acids is 3. The fourth-order valence-electron chi connectivity index (χ4n) is 9.56. The van der Waals surface area contributed by atoms with Crippen molar-refractivity contribution in [3.05, 3.63) is 36.0 Å². The number of nitrogens with zero attached hydrogens (tertiary/aromatic N) is 1. The van der Waals surface area contributed by atoms with Crippen LogP contribution in [0.1, 0.15) is 257 Å². The second kappa shape index (κ2) is 43.8. The van der Waals surface area contributed by atoms with Crippen LogP contribution in [0.4, 0.5) is 0 Å². The van der Waals surface area contributed by atoms with Gasteiger partial charge < -0.3 is 35.5 Å². The topological polar surface area (TPSA) is 147 Å². The monoisotopic (exact) mass is 967 g/mol. The average molecular weight is 968 g/mol. The van der Waals surface area contributed by atoms with Crippen molar-refractivity contribution in [2.45, 2.75) is 277 Å². The number of nitrogens with one attached hydrogen (secondary N) is 2. The summed E-state index contributed by atoms with van der Waals surface area (Å²) in [6.07, 6.45) is 41.6. The molecule has 1 aromatic carbocycles. The number of unbranched alkanes of at least 4 members (excludes halogenated alkanes) is 25. The van der Waals surface area contributed by atoms with Crippen molar-refractivity contribution in [2.75, 3.05) is 32.8 Å². The number of esters is 2. The maximum absolute atomic E-state index is 12.9. The highest BCUT2D eigenvalue weighted by molar-refractivity contribution is 5.86. The van der Waals surface area contributed by atoms with Crippen molar-refractivity contribution < 1.29 is 29.0 Å². The number of hydrogen-bond acceptors (Lipinski definition) is 8. The van der Waals surface area contributed by atoms with E-state index in [1.807, 2.05) is 30.5 Å². The third-order valence-electron chi connectivity index (χ3n) is 14.0. The first-order chi connectivity index (χ1) is 33.8. The Bertz CT molecular complexity index is 1500. The van der Waals surface area contributed by atoms with E-state index in [0.29, 0.717) is 45.4 Å². The molecule has 1 aromatic heterocycles. The molecule has 0 saturated heterocycles. The molecule has 1 heterocycles. The number of benzene rings is 1. The number of hydrogen-bond donors (Lipinski definition) is 4. The van der Waals surface area contributed by atoms with Crippen LogP contribution in [0.25, 0.3) is 10.9 Å². The minimum Gasteiger partial charge on any atom is -0.466 e. The summed E-state index contributed by atoms with van der Waals surface area (Å²) in [4.78, 5) is 43.8. The Hall–Kier alpha value is -2.95. The first-order valence-corrected chi connectivity index (χ1v) is 29.1. The van der Waals surface area contributed by atoms with Crippen LogP contribution in [-0.2, 0) is 30.3 Å². The van der Waals surface area contributed by atoms with Crippen LogP contribution in [-0.4, -0.2) is 83.9 Å². The maximum Gasteiger partial charge on any atom is 0.306 e. The quantitative estimate of drug-likeness (QED) is 0.0379. The van der Waals surface area contributed by atoms with Gasteiger partial charge in [0.05, 0.1) is 18.8 Å². The van der Waals surface area contributed by atoms with Crippen molar-refractivity contribution in [3.8, 4) is 0 Å². The van der Waals surface area contributed by atoms with E-state index in [0.717, 1.165) is 132 Å². The van der Waals surface area contributed by atoms with Crippen molar-refractivity contribution in [3.63, 3.8) is 0 Å². The molecule has 1 amide bonds. The van der Waals surface area contributed by atoms with Crippen LogP contribution in [0, 0.1) is 0 Å². The van der Waals surface area contributed by atoms with Crippen molar-refractivity contribution in [1.82, 2.24) is 15.2 Å². The minimum absolute atomic E-state index is 0.0170. The van der Waals surface area contributed by atoms with Gasteiger partial charge in [-0.2, -0.15) is 0 Å². The highest BCUT2D eigenvalue weighted by Gasteiger charge is 2.18. The number of amides is 1. The van der Waals surface area contributed by atoms with E-state index < -0.39 is 12.1 Å². The first-order valence-electron chi connectivity index (χ1n) is 29.1. The Morgan fingerprint density at radius 1 is 0.609 bits per heavy atom. The van der Waals surface area contributed by atoms with E-state index in [-0.39, 0.29) is 23.9 Å². The van der Waals surface area contributed by atoms with Gasteiger partial charge in [-0.3, -0.25) is 14.4 Å². The number of ether oxygens (including phenoxy) is 2. The predicted octanol–water partition coefficient (Wildman–Crippen LogP) is 14.4. The van der Waals surface area contributed by atoms with Gasteiger partial charge in [-0.15, -0.1) is 0 Å². The lowest BCUT2D eigenvalue weighted by Gasteiger charge is -2.25. The summed E-state index contributed by atoms with van der Waals surface area (Å²) in [6.45, 7) is 10.3. The molecule has 0 saturated carbocycles. The number of para-hydroxylation sites is 1. The molecule has 69 heavy (non-hydrogen) atoms. The molecular formula is C59H106N4O6. The molecule has 398 valence electrons. The summed E-state index contributed by atoms with van der Waals surface area (Å²) in [5, 5.41) is 15.2. The smallest absolute Gasteiger partial charge is 0.306 e. The molecule has 5 N–H and O–H groups in total. The summed E-state index contributed by atoms with van der Waals surface area (Å²) < 4.78 is 11.6. The number of H-pyrrole nitrogens is 1. The Morgan fingerprint density at radius 3 is 1.71 bits per heavy atom. The highest BCUT2D eigenvalue weighted by atomic mass is 16.5. The number of nitrogens with two attached hydrogens (primary N) is 1. The zero-order valence-electron chi connectivity index (χ0n) is 44.8. The van der Waals surface area contributed by atoms with Crippen LogP contribution in [0.2, 0.25) is 0 Å². The lowest BCUT2D eigenvalue weighted by Crippen LogP contribution is -2.42. The van der Waals surface area contributed by atoms with Gasteiger partial charge in [0.1, 0.15) is 6.10 Å².